The number of hydrogen-bond acceptors (Lipinski definition) is 2. The van der Waals surface area contributed by atoms with Crippen molar-refractivity contribution in [1.29, 1.82) is 0 Å². The third-order valence-corrected chi connectivity index (χ3v) is 7.33. The van der Waals surface area contributed by atoms with Gasteiger partial charge in [-0.25, -0.2) is 8.78 Å². The maximum atomic E-state index is 16.0. The fourth-order valence-electron chi connectivity index (χ4n) is 5.46. The maximum Gasteiger partial charge on any atom is 0.309 e. The molecule has 7 heteroatoms. The summed E-state index contributed by atoms with van der Waals surface area (Å²) in [5.41, 5.74) is 3.02. The van der Waals surface area contributed by atoms with Gasteiger partial charge in [-0.05, 0) is 80.3 Å². The molecule has 2 heterocycles. The largest absolute Gasteiger partial charge is 0.481 e. The zero-order chi connectivity index (χ0) is 23.5. The Hall–Kier alpha value is -3.22. The molecule has 5 rings (SSSR count). The Bertz CT molecular complexity index is 1360. The normalized spacial score (nSPS) is 21.3. The molecule has 5 nitrogen and oxygen atoms in total. The lowest BCUT2D eigenvalue weighted by Gasteiger charge is -2.34. The molecule has 0 bridgehead atoms. The Morgan fingerprint density at radius 2 is 1.88 bits per heavy atom. The van der Waals surface area contributed by atoms with E-state index in [0.717, 1.165) is 22.5 Å². The Labute approximate surface area is 190 Å². The number of nitrogens with one attached hydrogen (secondary N) is 1. The summed E-state index contributed by atoms with van der Waals surface area (Å²) in [7, 11) is 0. The number of aliphatic carboxylic acids is 1. The van der Waals surface area contributed by atoms with Gasteiger partial charge in [0.1, 0.15) is 11.3 Å². The Morgan fingerprint density at radius 1 is 1.21 bits per heavy atom. The number of benzene rings is 2. The number of aromatic amines is 1. The third-order valence-electron chi connectivity index (χ3n) is 7.33. The Morgan fingerprint density at radius 3 is 2.48 bits per heavy atom. The quantitative estimate of drug-likeness (QED) is 0.365. The topological polar surface area (TPSA) is 70.9 Å². The van der Waals surface area contributed by atoms with Crippen molar-refractivity contribution in [2.24, 2.45) is 5.41 Å². The number of fused-ring (bicyclic) bond motifs is 2. The monoisotopic (exact) mass is 451 g/mol. The zero-order valence-corrected chi connectivity index (χ0v) is 19.0. The SMILES string of the molecule is CC(C)c1c(C2CCC(C)(C(=O)O)CC2)c2c(F)c3[nH]ncc3cc2n1-c1ccc(F)cc1. The van der Waals surface area contributed by atoms with E-state index < -0.39 is 11.4 Å². The number of H-pyrrole nitrogens is 1. The summed E-state index contributed by atoms with van der Waals surface area (Å²) in [6.07, 6.45) is 4.04. The van der Waals surface area contributed by atoms with Crippen molar-refractivity contribution in [2.75, 3.05) is 0 Å². The molecule has 1 aliphatic carbocycles. The van der Waals surface area contributed by atoms with Crippen molar-refractivity contribution < 1.29 is 18.7 Å². The number of nitrogens with zero attached hydrogens (tertiary/aromatic N) is 2. The van der Waals surface area contributed by atoms with Crippen LogP contribution in [0.3, 0.4) is 0 Å². The van der Waals surface area contributed by atoms with Crippen LogP contribution >= 0.6 is 0 Å². The van der Waals surface area contributed by atoms with E-state index in [1.807, 2.05) is 10.6 Å². The Balaban J connectivity index is 1.80. The summed E-state index contributed by atoms with van der Waals surface area (Å²) < 4.78 is 31.7. The molecule has 172 valence electrons. The number of aromatic nitrogens is 3. The average molecular weight is 452 g/mol. The summed E-state index contributed by atoms with van der Waals surface area (Å²) in [6, 6.07) is 8.18. The fourth-order valence-corrected chi connectivity index (χ4v) is 5.46. The lowest BCUT2D eigenvalue weighted by atomic mass is 9.69. The van der Waals surface area contributed by atoms with Crippen molar-refractivity contribution in [3.05, 3.63) is 59.4 Å². The highest BCUT2D eigenvalue weighted by Crippen LogP contribution is 2.49. The second-order valence-electron chi connectivity index (χ2n) is 9.82. The molecule has 1 aliphatic rings. The van der Waals surface area contributed by atoms with Crippen LogP contribution in [-0.4, -0.2) is 25.8 Å². The standard InChI is InChI=1S/C26H27F2N3O2/c1-14(2)24-20(15-8-10-26(3,11-9-15)25(32)33)21-19(12-16-13-29-30-23(16)22(21)28)31(24)18-6-4-17(27)5-7-18/h4-7,12-15H,8-11H2,1-3H3,(H,29,30)(H,32,33). The first-order valence-corrected chi connectivity index (χ1v) is 11.4. The molecule has 1 fully saturated rings. The summed E-state index contributed by atoms with van der Waals surface area (Å²) in [4.78, 5) is 11.8. The van der Waals surface area contributed by atoms with Crippen LogP contribution in [0.2, 0.25) is 0 Å². The molecule has 4 aromatic rings. The maximum absolute atomic E-state index is 16.0. The van der Waals surface area contributed by atoms with Crippen molar-refractivity contribution in [3.63, 3.8) is 0 Å². The van der Waals surface area contributed by atoms with E-state index >= 15 is 4.39 Å². The van der Waals surface area contributed by atoms with Gasteiger partial charge in [0.15, 0.2) is 5.82 Å². The van der Waals surface area contributed by atoms with Crippen LogP contribution in [0, 0.1) is 17.0 Å². The van der Waals surface area contributed by atoms with Gasteiger partial charge in [0.25, 0.3) is 0 Å². The summed E-state index contributed by atoms with van der Waals surface area (Å²) in [6.45, 7) is 5.95. The highest BCUT2D eigenvalue weighted by Gasteiger charge is 2.40. The number of halogens is 2. The van der Waals surface area contributed by atoms with E-state index in [1.165, 1.54) is 12.1 Å². The van der Waals surface area contributed by atoms with Gasteiger partial charge in [-0.1, -0.05) is 13.8 Å². The first kappa shape index (κ1) is 21.6. The van der Waals surface area contributed by atoms with Crippen LogP contribution in [0.25, 0.3) is 27.5 Å². The van der Waals surface area contributed by atoms with E-state index in [2.05, 4.69) is 24.0 Å². The third kappa shape index (κ3) is 3.33. The first-order valence-electron chi connectivity index (χ1n) is 11.4. The highest BCUT2D eigenvalue weighted by atomic mass is 19.1. The molecule has 0 unspecified atom stereocenters. The molecule has 0 amide bonds. The van der Waals surface area contributed by atoms with Gasteiger partial charge >= 0.3 is 5.97 Å². The highest BCUT2D eigenvalue weighted by molar-refractivity contribution is 5.99. The van der Waals surface area contributed by atoms with E-state index in [0.29, 0.717) is 42.0 Å². The van der Waals surface area contributed by atoms with Crippen molar-refractivity contribution in [3.8, 4) is 5.69 Å². The minimum atomic E-state index is -0.774. The number of carbonyl (C=O) groups is 1. The number of carboxylic acids is 1. The average Bonchev–Trinajstić information content (AvgIpc) is 3.38. The van der Waals surface area contributed by atoms with Gasteiger partial charge in [0.2, 0.25) is 0 Å². The van der Waals surface area contributed by atoms with Crippen LogP contribution in [-0.2, 0) is 4.79 Å². The Kier molecular flexibility index (Phi) is 5.03. The van der Waals surface area contributed by atoms with E-state index in [-0.39, 0.29) is 23.5 Å². The molecule has 33 heavy (non-hydrogen) atoms. The van der Waals surface area contributed by atoms with Crippen molar-refractivity contribution in [1.82, 2.24) is 14.8 Å². The van der Waals surface area contributed by atoms with Crippen LogP contribution in [0.5, 0.6) is 0 Å². The molecule has 1 saturated carbocycles. The predicted molar refractivity (Wildman–Crippen MR) is 124 cm³/mol. The van der Waals surface area contributed by atoms with Crippen LogP contribution in [0.4, 0.5) is 8.78 Å². The second kappa shape index (κ2) is 7.68. The van der Waals surface area contributed by atoms with Crippen LogP contribution in [0.15, 0.2) is 36.5 Å². The lowest BCUT2D eigenvalue weighted by molar-refractivity contribution is -0.149. The lowest BCUT2D eigenvalue weighted by Crippen LogP contribution is -2.32. The van der Waals surface area contributed by atoms with Crippen LogP contribution in [0.1, 0.15) is 69.5 Å². The molecule has 0 spiro atoms. The second-order valence-corrected chi connectivity index (χ2v) is 9.82. The smallest absolute Gasteiger partial charge is 0.309 e. The molecule has 0 atom stereocenters. The number of carboxylic acid groups (broad SMARTS) is 1. The number of rotatable bonds is 4. The minimum Gasteiger partial charge on any atom is -0.481 e. The van der Waals surface area contributed by atoms with Gasteiger partial charge in [-0.15, -0.1) is 0 Å². The van der Waals surface area contributed by atoms with Gasteiger partial charge in [0.05, 0.1) is 17.1 Å². The molecule has 0 aliphatic heterocycles. The van der Waals surface area contributed by atoms with Gasteiger partial charge < -0.3 is 9.67 Å². The van der Waals surface area contributed by atoms with Gasteiger partial charge in [-0.2, -0.15) is 5.10 Å². The summed E-state index contributed by atoms with van der Waals surface area (Å²) in [5, 5.41) is 17.7. The number of hydrogen-bond donors (Lipinski definition) is 2. The summed E-state index contributed by atoms with van der Waals surface area (Å²) in [5.74, 6) is -1.34. The first-order chi connectivity index (χ1) is 15.7. The van der Waals surface area contributed by atoms with E-state index in [9.17, 15) is 14.3 Å². The van der Waals surface area contributed by atoms with E-state index in [1.54, 1.807) is 25.3 Å². The molecule has 2 aromatic carbocycles. The van der Waals surface area contributed by atoms with Gasteiger partial charge in [-0.3, -0.25) is 9.89 Å². The molecular weight excluding hydrogens is 424 g/mol. The van der Waals surface area contributed by atoms with E-state index in [4.69, 9.17) is 0 Å². The fraction of sp³-hybridized carbons (Fsp3) is 0.385. The van der Waals surface area contributed by atoms with Crippen molar-refractivity contribution in [2.45, 2.75) is 58.3 Å². The zero-order valence-electron chi connectivity index (χ0n) is 19.0. The molecular formula is C26H27F2N3O2. The predicted octanol–water partition coefficient (Wildman–Crippen LogP) is 6.66. The summed E-state index contributed by atoms with van der Waals surface area (Å²) >= 11 is 0. The molecule has 2 N–H and O–H groups in total. The van der Waals surface area contributed by atoms with Crippen molar-refractivity contribution >= 4 is 27.8 Å². The molecule has 0 saturated heterocycles. The minimum absolute atomic E-state index is 0.0360. The molecule has 2 aromatic heterocycles. The van der Waals surface area contributed by atoms with Gasteiger partial charge in [0, 0.05) is 22.2 Å². The molecule has 0 radical (unpaired) electrons. The van der Waals surface area contributed by atoms with Crippen LogP contribution < -0.4 is 0 Å².